The van der Waals surface area contributed by atoms with E-state index in [-0.39, 0.29) is 11.7 Å². The molecular formula is C23H21ClN4O4S. The number of benzene rings is 2. The Morgan fingerprint density at radius 1 is 1.12 bits per heavy atom. The maximum Gasteiger partial charge on any atom is 0.338 e. The summed E-state index contributed by atoms with van der Waals surface area (Å²) in [5, 5.41) is 13.4. The van der Waals surface area contributed by atoms with Crippen molar-refractivity contribution in [3.05, 3.63) is 59.1 Å². The number of ether oxygens (including phenoxy) is 1. The number of fused-ring (bicyclic) bond motifs is 1. The molecule has 0 radical (unpaired) electrons. The van der Waals surface area contributed by atoms with Crippen molar-refractivity contribution >= 4 is 51.9 Å². The number of anilines is 1. The molecule has 170 valence electrons. The molecule has 8 nitrogen and oxygen atoms in total. The number of thioether (sulfide) groups is 1. The quantitative estimate of drug-likeness (QED) is 0.268. The maximum atomic E-state index is 12.4. The van der Waals surface area contributed by atoms with Gasteiger partial charge in [0.15, 0.2) is 10.9 Å². The summed E-state index contributed by atoms with van der Waals surface area (Å²) in [6.07, 6.45) is 0. The fourth-order valence-corrected chi connectivity index (χ4v) is 4.20. The summed E-state index contributed by atoms with van der Waals surface area (Å²) in [6.45, 7) is 4.64. The van der Waals surface area contributed by atoms with E-state index in [0.717, 1.165) is 5.39 Å². The lowest BCUT2D eigenvalue weighted by atomic mass is 10.2. The third kappa shape index (κ3) is 5.20. The van der Waals surface area contributed by atoms with Crippen LogP contribution in [0, 0.1) is 0 Å². The zero-order chi connectivity index (χ0) is 23.4. The number of esters is 1. The number of carbonyl (C=O) groups excluding carboxylic acids is 2. The van der Waals surface area contributed by atoms with E-state index < -0.39 is 5.97 Å². The number of aromatic nitrogens is 3. The summed E-state index contributed by atoms with van der Waals surface area (Å²) in [5.74, 6) is 0.720. The SMILES string of the molecule is CCOC(=O)c1ccc(NC(=O)CSc2nnc(-c3cc4cc(Cl)ccc4o3)n2CC)cc1. The van der Waals surface area contributed by atoms with Crippen LogP contribution >= 0.6 is 23.4 Å². The number of rotatable bonds is 8. The molecule has 2 heterocycles. The molecule has 33 heavy (non-hydrogen) atoms. The maximum absolute atomic E-state index is 12.4. The van der Waals surface area contributed by atoms with Gasteiger partial charge in [-0.05, 0) is 62.4 Å². The van der Waals surface area contributed by atoms with E-state index in [1.54, 1.807) is 37.3 Å². The monoisotopic (exact) mass is 484 g/mol. The molecule has 0 saturated carbocycles. The van der Waals surface area contributed by atoms with Crippen LogP contribution in [0.3, 0.4) is 0 Å². The number of nitrogens with one attached hydrogen (secondary N) is 1. The van der Waals surface area contributed by atoms with Crippen molar-refractivity contribution in [2.45, 2.75) is 25.5 Å². The van der Waals surface area contributed by atoms with Crippen LogP contribution in [-0.4, -0.2) is 39.0 Å². The van der Waals surface area contributed by atoms with Crippen molar-refractivity contribution in [2.75, 3.05) is 17.7 Å². The molecule has 4 rings (SSSR count). The Bertz CT molecular complexity index is 1300. The molecule has 0 unspecified atom stereocenters. The lowest BCUT2D eigenvalue weighted by molar-refractivity contribution is -0.113. The largest absolute Gasteiger partial charge is 0.462 e. The summed E-state index contributed by atoms with van der Waals surface area (Å²) >= 11 is 7.34. The van der Waals surface area contributed by atoms with E-state index in [9.17, 15) is 9.59 Å². The number of furan rings is 1. The van der Waals surface area contributed by atoms with E-state index in [2.05, 4.69) is 15.5 Å². The van der Waals surface area contributed by atoms with E-state index in [1.165, 1.54) is 11.8 Å². The highest BCUT2D eigenvalue weighted by molar-refractivity contribution is 7.99. The van der Waals surface area contributed by atoms with Gasteiger partial charge in [-0.15, -0.1) is 10.2 Å². The summed E-state index contributed by atoms with van der Waals surface area (Å²) < 4.78 is 12.8. The Hall–Kier alpha value is -3.30. The second-order valence-corrected chi connectivity index (χ2v) is 8.36. The summed E-state index contributed by atoms with van der Waals surface area (Å²) in [6, 6.07) is 13.8. The molecule has 1 amide bonds. The highest BCUT2D eigenvalue weighted by Gasteiger charge is 2.18. The lowest BCUT2D eigenvalue weighted by Crippen LogP contribution is -2.15. The highest BCUT2D eigenvalue weighted by atomic mass is 35.5. The van der Waals surface area contributed by atoms with Gasteiger partial charge in [-0.1, -0.05) is 23.4 Å². The second-order valence-electron chi connectivity index (χ2n) is 6.98. The molecule has 2 aromatic heterocycles. The van der Waals surface area contributed by atoms with E-state index >= 15 is 0 Å². The Balaban J connectivity index is 1.41. The number of nitrogens with zero attached hydrogens (tertiary/aromatic N) is 3. The van der Waals surface area contributed by atoms with Crippen molar-refractivity contribution in [3.63, 3.8) is 0 Å². The van der Waals surface area contributed by atoms with Gasteiger partial charge in [0.25, 0.3) is 0 Å². The minimum absolute atomic E-state index is 0.146. The smallest absolute Gasteiger partial charge is 0.338 e. The number of hydrogen-bond acceptors (Lipinski definition) is 7. The molecule has 0 spiro atoms. The second kappa shape index (κ2) is 10.1. The zero-order valence-electron chi connectivity index (χ0n) is 18.0. The first-order valence-corrected chi connectivity index (χ1v) is 11.7. The van der Waals surface area contributed by atoms with Gasteiger partial charge in [-0.2, -0.15) is 0 Å². The molecule has 0 saturated heterocycles. The molecule has 1 N–H and O–H groups in total. The normalized spacial score (nSPS) is 11.0. The standard InChI is InChI=1S/C23H21ClN4O4S/c1-3-28-21(19-12-15-11-16(24)7-10-18(15)32-19)26-27-23(28)33-13-20(29)25-17-8-5-14(6-9-17)22(30)31-4-2/h5-12H,3-4,13H2,1-2H3,(H,25,29). The van der Waals surface area contributed by atoms with Crippen LogP contribution in [0.5, 0.6) is 0 Å². The minimum Gasteiger partial charge on any atom is -0.462 e. The van der Waals surface area contributed by atoms with Crippen molar-refractivity contribution in [1.82, 2.24) is 14.8 Å². The van der Waals surface area contributed by atoms with E-state index in [1.807, 2.05) is 29.7 Å². The number of carbonyl (C=O) groups is 2. The predicted octanol–water partition coefficient (Wildman–Crippen LogP) is 5.27. The summed E-state index contributed by atoms with van der Waals surface area (Å²) in [7, 11) is 0. The van der Waals surface area contributed by atoms with Crippen LogP contribution in [0.15, 0.2) is 58.1 Å². The first-order valence-electron chi connectivity index (χ1n) is 10.3. The van der Waals surface area contributed by atoms with Gasteiger partial charge in [0.1, 0.15) is 5.58 Å². The van der Waals surface area contributed by atoms with Crippen molar-refractivity contribution in [2.24, 2.45) is 0 Å². The average Bonchev–Trinajstić information content (AvgIpc) is 3.41. The van der Waals surface area contributed by atoms with Crippen LogP contribution in [0.25, 0.3) is 22.6 Å². The first kappa shape index (κ1) is 22.9. The molecule has 0 atom stereocenters. The highest BCUT2D eigenvalue weighted by Crippen LogP contribution is 2.30. The summed E-state index contributed by atoms with van der Waals surface area (Å²) in [5.41, 5.74) is 1.73. The van der Waals surface area contributed by atoms with Gasteiger partial charge in [0.2, 0.25) is 11.7 Å². The summed E-state index contributed by atoms with van der Waals surface area (Å²) in [4.78, 5) is 24.1. The Morgan fingerprint density at radius 3 is 2.64 bits per heavy atom. The third-order valence-corrected chi connectivity index (χ3v) is 5.95. The molecule has 0 aliphatic rings. The van der Waals surface area contributed by atoms with Gasteiger partial charge in [0, 0.05) is 22.6 Å². The minimum atomic E-state index is -0.395. The molecule has 0 bridgehead atoms. The molecule has 0 aliphatic carbocycles. The number of amides is 1. The lowest BCUT2D eigenvalue weighted by Gasteiger charge is -2.07. The average molecular weight is 485 g/mol. The molecule has 0 fully saturated rings. The molecule has 2 aromatic carbocycles. The van der Waals surface area contributed by atoms with Gasteiger partial charge < -0.3 is 14.5 Å². The molecular weight excluding hydrogens is 464 g/mol. The Morgan fingerprint density at radius 2 is 1.91 bits per heavy atom. The predicted molar refractivity (Wildman–Crippen MR) is 128 cm³/mol. The Kier molecular flexibility index (Phi) is 7.00. The molecule has 4 aromatic rings. The fourth-order valence-electron chi connectivity index (χ4n) is 3.22. The molecule has 10 heteroatoms. The van der Waals surface area contributed by atoms with Gasteiger partial charge >= 0.3 is 5.97 Å². The van der Waals surface area contributed by atoms with Gasteiger partial charge in [0.05, 0.1) is 17.9 Å². The van der Waals surface area contributed by atoms with Gasteiger partial charge in [-0.25, -0.2) is 4.79 Å². The van der Waals surface area contributed by atoms with Gasteiger partial charge in [-0.3, -0.25) is 9.36 Å². The van der Waals surface area contributed by atoms with Crippen LogP contribution in [0.1, 0.15) is 24.2 Å². The number of halogens is 1. The topological polar surface area (TPSA) is 99.2 Å². The molecule has 0 aliphatic heterocycles. The Labute approximate surface area is 199 Å². The van der Waals surface area contributed by atoms with Crippen molar-refractivity contribution in [3.8, 4) is 11.6 Å². The van der Waals surface area contributed by atoms with E-state index in [0.29, 0.717) is 51.7 Å². The van der Waals surface area contributed by atoms with Crippen molar-refractivity contribution in [1.29, 1.82) is 0 Å². The first-order chi connectivity index (χ1) is 16.0. The van der Waals surface area contributed by atoms with Crippen LogP contribution in [-0.2, 0) is 16.1 Å². The third-order valence-electron chi connectivity index (χ3n) is 4.74. The number of hydrogen-bond donors (Lipinski definition) is 1. The van der Waals surface area contributed by atoms with E-state index in [4.69, 9.17) is 20.8 Å². The zero-order valence-corrected chi connectivity index (χ0v) is 19.6. The van der Waals surface area contributed by atoms with Crippen LogP contribution < -0.4 is 5.32 Å². The van der Waals surface area contributed by atoms with Crippen LogP contribution in [0.2, 0.25) is 5.02 Å². The van der Waals surface area contributed by atoms with Crippen molar-refractivity contribution < 1.29 is 18.7 Å². The van der Waals surface area contributed by atoms with Crippen LogP contribution in [0.4, 0.5) is 5.69 Å². The fraction of sp³-hybridized carbons (Fsp3) is 0.217.